The normalized spacial score (nSPS) is 14.3. The molecule has 1 aliphatic rings. The van der Waals surface area contributed by atoms with E-state index in [-0.39, 0.29) is 6.03 Å². The Balaban J connectivity index is 1.44. The standard InChI is InChI=1S/C22H22N4O3/c1-24-11-10-18-6-2-17(14-20(18)24)15-25-12-13-26(22(25)28)19-7-3-16(4-8-19)5-9-21(27)23-29/h2-11,14,29H,12-13,15H2,1H3,(H,23,27)/b9-5+. The third-order valence-corrected chi connectivity index (χ3v) is 5.16. The van der Waals surface area contributed by atoms with E-state index in [1.54, 1.807) is 16.5 Å². The van der Waals surface area contributed by atoms with E-state index < -0.39 is 5.91 Å². The molecule has 7 heteroatoms. The summed E-state index contributed by atoms with van der Waals surface area (Å²) in [6.45, 7) is 1.88. The molecule has 148 valence electrons. The quantitative estimate of drug-likeness (QED) is 0.399. The van der Waals surface area contributed by atoms with Crippen LogP contribution in [0, 0.1) is 0 Å². The number of rotatable bonds is 5. The zero-order chi connectivity index (χ0) is 20.4. The number of benzene rings is 2. The van der Waals surface area contributed by atoms with Crippen LogP contribution in [0.4, 0.5) is 10.5 Å². The van der Waals surface area contributed by atoms with Crippen molar-refractivity contribution < 1.29 is 14.8 Å². The number of carbonyl (C=O) groups excluding carboxylic acids is 2. The summed E-state index contributed by atoms with van der Waals surface area (Å²) in [4.78, 5) is 27.5. The van der Waals surface area contributed by atoms with Crippen LogP contribution in [-0.2, 0) is 18.4 Å². The van der Waals surface area contributed by atoms with Crippen molar-refractivity contribution in [1.29, 1.82) is 0 Å². The average Bonchev–Trinajstić information content (AvgIpc) is 3.29. The minimum atomic E-state index is -0.590. The molecule has 4 rings (SSSR count). The number of fused-ring (bicyclic) bond motifs is 1. The predicted octanol–water partition coefficient (Wildman–Crippen LogP) is 3.14. The number of amides is 3. The van der Waals surface area contributed by atoms with Crippen LogP contribution in [0.5, 0.6) is 0 Å². The molecule has 3 amide bonds. The number of hydrogen-bond acceptors (Lipinski definition) is 3. The molecule has 7 nitrogen and oxygen atoms in total. The van der Waals surface area contributed by atoms with Crippen LogP contribution in [0.15, 0.2) is 60.8 Å². The molecule has 1 aromatic heterocycles. The highest BCUT2D eigenvalue weighted by Crippen LogP contribution is 2.24. The van der Waals surface area contributed by atoms with E-state index in [1.807, 2.05) is 42.4 Å². The first-order chi connectivity index (χ1) is 14.0. The maximum absolute atomic E-state index is 12.9. The molecule has 0 saturated carbocycles. The van der Waals surface area contributed by atoms with Crippen LogP contribution in [0.2, 0.25) is 0 Å². The van der Waals surface area contributed by atoms with Gasteiger partial charge in [0.1, 0.15) is 0 Å². The molecule has 0 radical (unpaired) electrons. The molecule has 29 heavy (non-hydrogen) atoms. The Labute approximate surface area is 168 Å². The number of hydrogen-bond donors (Lipinski definition) is 2. The van der Waals surface area contributed by atoms with Gasteiger partial charge in [0.25, 0.3) is 5.91 Å². The number of urea groups is 1. The van der Waals surface area contributed by atoms with Crippen molar-refractivity contribution in [3.05, 3.63) is 71.9 Å². The van der Waals surface area contributed by atoms with E-state index in [0.29, 0.717) is 19.6 Å². The second-order valence-corrected chi connectivity index (χ2v) is 7.08. The molecule has 1 aliphatic heterocycles. The second kappa shape index (κ2) is 7.81. The molecule has 1 fully saturated rings. The maximum Gasteiger partial charge on any atom is 0.324 e. The summed E-state index contributed by atoms with van der Waals surface area (Å²) in [7, 11) is 2.02. The summed E-state index contributed by atoms with van der Waals surface area (Å²) < 4.78 is 2.08. The van der Waals surface area contributed by atoms with Gasteiger partial charge < -0.3 is 9.47 Å². The van der Waals surface area contributed by atoms with Crippen molar-refractivity contribution in [1.82, 2.24) is 14.9 Å². The van der Waals surface area contributed by atoms with E-state index in [2.05, 4.69) is 28.8 Å². The Morgan fingerprint density at radius 1 is 1.14 bits per heavy atom. The van der Waals surface area contributed by atoms with Gasteiger partial charge in [-0.2, -0.15) is 0 Å². The SMILES string of the molecule is Cn1ccc2ccc(CN3CCN(c4ccc(/C=C/C(=O)NO)cc4)C3=O)cc21. The van der Waals surface area contributed by atoms with Gasteiger partial charge in [-0.1, -0.05) is 24.3 Å². The highest BCUT2D eigenvalue weighted by Gasteiger charge is 2.29. The maximum atomic E-state index is 12.9. The first-order valence-corrected chi connectivity index (χ1v) is 9.38. The van der Waals surface area contributed by atoms with Gasteiger partial charge in [0, 0.05) is 50.2 Å². The Kier molecular flexibility index (Phi) is 5.05. The van der Waals surface area contributed by atoms with Crippen molar-refractivity contribution in [3.63, 3.8) is 0 Å². The Morgan fingerprint density at radius 2 is 1.93 bits per heavy atom. The van der Waals surface area contributed by atoms with Gasteiger partial charge in [-0.15, -0.1) is 0 Å². The molecule has 0 aliphatic carbocycles. The van der Waals surface area contributed by atoms with Gasteiger partial charge in [0.2, 0.25) is 0 Å². The molecule has 0 bridgehead atoms. The Bertz CT molecular complexity index is 1090. The molecular formula is C22H22N4O3. The first kappa shape index (κ1) is 18.8. The number of hydroxylamine groups is 1. The third kappa shape index (κ3) is 3.86. The second-order valence-electron chi connectivity index (χ2n) is 7.08. The predicted molar refractivity (Wildman–Crippen MR) is 111 cm³/mol. The van der Waals surface area contributed by atoms with Gasteiger partial charge in [0.05, 0.1) is 0 Å². The van der Waals surface area contributed by atoms with Crippen molar-refractivity contribution in [2.24, 2.45) is 7.05 Å². The Hall–Kier alpha value is -3.58. The lowest BCUT2D eigenvalue weighted by Gasteiger charge is -2.19. The van der Waals surface area contributed by atoms with E-state index in [1.165, 1.54) is 11.5 Å². The van der Waals surface area contributed by atoms with Crippen molar-refractivity contribution in [2.45, 2.75) is 6.54 Å². The van der Waals surface area contributed by atoms with Crippen LogP contribution in [0.3, 0.4) is 0 Å². The molecule has 2 N–H and O–H groups in total. The summed E-state index contributed by atoms with van der Waals surface area (Å²) >= 11 is 0. The molecule has 0 spiro atoms. The fourth-order valence-corrected chi connectivity index (χ4v) is 3.57. The van der Waals surface area contributed by atoms with Crippen LogP contribution >= 0.6 is 0 Å². The van der Waals surface area contributed by atoms with Gasteiger partial charge in [-0.25, -0.2) is 10.3 Å². The summed E-state index contributed by atoms with van der Waals surface area (Å²) in [5.74, 6) is -0.590. The zero-order valence-corrected chi connectivity index (χ0v) is 16.1. The fraction of sp³-hybridized carbons (Fsp3) is 0.182. The first-order valence-electron chi connectivity index (χ1n) is 9.38. The summed E-state index contributed by atoms with van der Waals surface area (Å²) in [5, 5.41) is 9.70. The molecular weight excluding hydrogens is 368 g/mol. The smallest absolute Gasteiger partial charge is 0.324 e. The van der Waals surface area contributed by atoms with Gasteiger partial charge in [-0.05, 0) is 46.9 Å². The molecule has 1 saturated heterocycles. The lowest BCUT2D eigenvalue weighted by atomic mass is 10.1. The van der Waals surface area contributed by atoms with E-state index in [9.17, 15) is 9.59 Å². The highest BCUT2D eigenvalue weighted by molar-refractivity contribution is 5.94. The largest absolute Gasteiger partial charge is 0.351 e. The Morgan fingerprint density at radius 3 is 2.69 bits per heavy atom. The summed E-state index contributed by atoms with van der Waals surface area (Å²) in [5.41, 5.74) is 5.43. The van der Waals surface area contributed by atoms with Crippen LogP contribution in [0.1, 0.15) is 11.1 Å². The van der Waals surface area contributed by atoms with E-state index in [4.69, 9.17) is 5.21 Å². The van der Waals surface area contributed by atoms with Crippen LogP contribution in [-0.4, -0.2) is 39.7 Å². The highest BCUT2D eigenvalue weighted by atomic mass is 16.5. The minimum Gasteiger partial charge on any atom is -0.351 e. The van der Waals surface area contributed by atoms with Crippen molar-refractivity contribution in [2.75, 3.05) is 18.0 Å². The fourth-order valence-electron chi connectivity index (χ4n) is 3.57. The number of aryl methyl sites for hydroxylation is 1. The van der Waals surface area contributed by atoms with Crippen molar-refractivity contribution in [3.8, 4) is 0 Å². The third-order valence-electron chi connectivity index (χ3n) is 5.16. The number of carbonyl (C=O) groups is 2. The molecule has 0 unspecified atom stereocenters. The number of nitrogens with one attached hydrogen (secondary N) is 1. The number of nitrogens with zero attached hydrogens (tertiary/aromatic N) is 3. The van der Waals surface area contributed by atoms with Gasteiger partial charge >= 0.3 is 6.03 Å². The van der Waals surface area contributed by atoms with Gasteiger partial charge in [-0.3, -0.25) is 14.9 Å². The topological polar surface area (TPSA) is 77.8 Å². The molecule has 3 aromatic rings. The van der Waals surface area contributed by atoms with E-state index >= 15 is 0 Å². The summed E-state index contributed by atoms with van der Waals surface area (Å²) in [6, 6.07) is 15.7. The summed E-state index contributed by atoms with van der Waals surface area (Å²) in [6.07, 6.45) is 4.86. The van der Waals surface area contributed by atoms with Crippen LogP contribution < -0.4 is 10.4 Å². The molecule has 2 aromatic carbocycles. The zero-order valence-electron chi connectivity index (χ0n) is 16.1. The lowest BCUT2D eigenvalue weighted by Crippen LogP contribution is -2.31. The van der Waals surface area contributed by atoms with E-state index in [0.717, 1.165) is 22.3 Å². The average molecular weight is 390 g/mol. The number of aromatic nitrogens is 1. The monoisotopic (exact) mass is 390 g/mol. The molecule has 0 atom stereocenters. The van der Waals surface area contributed by atoms with Crippen LogP contribution in [0.25, 0.3) is 17.0 Å². The van der Waals surface area contributed by atoms with Crippen molar-refractivity contribution >= 4 is 34.6 Å². The number of anilines is 1. The molecule has 2 heterocycles. The minimum absolute atomic E-state index is 0.0140. The van der Waals surface area contributed by atoms with Gasteiger partial charge in [0.15, 0.2) is 0 Å². The lowest BCUT2D eigenvalue weighted by molar-refractivity contribution is -0.124.